The fourth-order valence-corrected chi connectivity index (χ4v) is 1.58. The molecule has 0 unspecified atom stereocenters. The van der Waals surface area contributed by atoms with Crippen LogP contribution in [0.15, 0.2) is 36.7 Å². The molecule has 0 atom stereocenters. The summed E-state index contributed by atoms with van der Waals surface area (Å²) in [6.45, 7) is -3.02. The first-order valence-corrected chi connectivity index (χ1v) is 5.82. The Labute approximate surface area is 118 Å². The lowest BCUT2D eigenvalue weighted by Crippen LogP contribution is -2.16. The number of halogens is 2. The Morgan fingerprint density at radius 3 is 2.67 bits per heavy atom. The van der Waals surface area contributed by atoms with E-state index in [4.69, 9.17) is 4.74 Å². The highest BCUT2D eigenvalue weighted by Crippen LogP contribution is 2.24. The van der Waals surface area contributed by atoms with Gasteiger partial charge in [0.15, 0.2) is 11.6 Å². The van der Waals surface area contributed by atoms with Crippen LogP contribution in [-0.4, -0.2) is 29.6 Å². The largest absolute Gasteiger partial charge is 0.480 e. The van der Waals surface area contributed by atoms with Crippen LogP contribution in [0.5, 0.6) is 11.6 Å². The van der Waals surface area contributed by atoms with E-state index in [9.17, 15) is 13.6 Å². The van der Waals surface area contributed by atoms with Crippen LogP contribution in [0.3, 0.4) is 0 Å². The van der Waals surface area contributed by atoms with Crippen LogP contribution in [0.2, 0.25) is 0 Å². The van der Waals surface area contributed by atoms with Crippen LogP contribution in [-0.2, 0) is 0 Å². The number of hydrogen-bond donors (Lipinski definition) is 1. The number of nitrogens with zero attached hydrogens (tertiary/aromatic N) is 2. The highest BCUT2D eigenvalue weighted by Gasteiger charge is 2.17. The van der Waals surface area contributed by atoms with Crippen molar-refractivity contribution in [2.24, 2.45) is 0 Å². The molecule has 0 saturated carbocycles. The number of ether oxygens (including phenoxy) is 2. The van der Waals surface area contributed by atoms with Gasteiger partial charge in [-0.3, -0.25) is 4.79 Å². The molecule has 0 aliphatic heterocycles. The van der Waals surface area contributed by atoms with Gasteiger partial charge in [0.1, 0.15) is 5.56 Å². The molecule has 0 fully saturated rings. The third-order valence-electron chi connectivity index (χ3n) is 2.43. The number of carbonyl (C=O) groups excluding carboxylic acids is 1. The van der Waals surface area contributed by atoms with Gasteiger partial charge in [0.2, 0.25) is 5.88 Å². The van der Waals surface area contributed by atoms with Crippen molar-refractivity contribution >= 4 is 11.7 Å². The minimum Gasteiger partial charge on any atom is -0.480 e. The van der Waals surface area contributed by atoms with E-state index < -0.39 is 12.5 Å². The second-order valence-electron chi connectivity index (χ2n) is 3.74. The Bertz CT molecular complexity index is 638. The van der Waals surface area contributed by atoms with E-state index in [1.54, 1.807) is 6.07 Å². The maximum atomic E-state index is 12.3. The SMILES string of the molecule is COc1ncccc1C(=O)Nc1ncccc1OC(F)F. The van der Waals surface area contributed by atoms with E-state index in [0.29, 0.717) is 0 Å². The lowest BCUT2D eigenvalue weighted by Gasteiger charge is -2.11. The van der Waals surface area contributed by atoms with Crippen LogP contribution >= 0.6 is 0 Å². The standard InChI is InChI=1S/C13H11F2N3O3/c1-20-12-8(4-2-7-17-12)11(19)18-10-9(21-13(14)15)5-3-6-16-10/h2-7,13H,1H3,(H,16,18,19). The minimum absolute atomic E-state index is 0.113. The quantitative estimate of drug-likeness (QED) is 0.916. The first-order valence-electron chi connectivity index (χ1n) is 5.82. The molecule has 8 heteroatoms. The van der Waals surface area contributed by atoms with E-state index in [2.05, 4.69) is 20.0 Å². The molecule has 21 heavy (non-hydrogen) atoms. The van der Waals surface area contributed by atoms with E-state index in [0.717, 1.165) is 0 Å². The Morgan fingerprint density at radius 2 is 1.95 bits per heavy atom. The Hall–Kier alpha value is -2.77. The highest BCUT2D eigenvalue weighted by atomic mass is 19.3. The molecule has 0 aliphatic carbocycles. The Balaban J connectivity index is 2.24. The molecule has 0 aromatic carbocycles. The topological polar surface area (TPSA) is 73.3 Å². The number of hydrogen-bond acceptors (Lipinski definition) is 5. The highest BCUT2D eigenvalue weighted by molar-refractivity contribution is 6.05. The first-order chi connectivity index (χ1) is 10.1. The molecule has 6 nitrogen and oxygen atoms in total. The molecule has 0 saturated heterocycles. The summed E-state index contributed by atoms with van der Waals surface area (Å²) in [5.74, 6) is -0.836. The Morgan fingerprint density at radius 1 is 1.24 bits per heavy atom. The minimum atomic E-state index is -3.02. The summed E-state index contributed by atoms with van der Waals surface area (Å²) in [4.78, 5) is 19.8. The molecule has 2 aromatic heterocycles. The monoisotopic (exact) mass is 295 g/mol. The van der Waals surface area contributed by atoms with Crippen molar-refractivity contribution < 1.29 is 23.0 Å². The summed E-state index contributed by atoms with van der Waals surface area (Å²) in [6, 6.07) is 5.72. The smallest absolute Gasteiger partial charge is 0.387 e. The fraction of sp³-hybridized carbons (Fsp3) is 0.154. The number of methoxy groups -OCH3 is 1. The zero-order chi connectivity index (χ0) is 15.2. The lowest BCUT2D eigenvalue weighted by molar-refractivity contribution is -0.0495. The van der Waals surface area contributed by atoms with Crippen LogP contribution in [0.1, 0.15) is 10.4 Å². The maximum absolute atomic E-state index is 12.3. The zero-order valence-corrected chi connectivity index (χ0v) is 10.9. The molecule has 0 aliphatic rings. The number of nitrogens with one attached hydrogen (secondary N) is 1. The van der Waals surface area contributed by atoms with E-state index in [-0.39, 0.29) is 23.0 Å². The van der Waals surface area contributed by atoms with Gasteiger partial charge in [-0.05, 0) is 24.3 Å². The molecule has 1 N–H and O–H groups in total. The molecular formula is C13H11F2N3O3. The van der Waals surface area contributed by atoms with Crippen molar-refractivity contribution in [2.75, 3.05) is 12.4 Å². The number of carbonyl (C=O) groups is 1. The van der Waals surface area contributed by atoms with Crippen LogP contribution in [0.4, 0.5) is 14.6 Å². The second-order valence-corrected chi connectivity index (χ2v) is 3.74. The number of alkyl halides is 2. The van der Waals surface area contributed by atoms with Gasteiger partial charge in [0, 0.05) is 12.4 Å². The van der Waals surface area contributed by atoms with Gasteiger partial charge < -0.3 is 14.8 Å². The third-order valence-corrected chi connectivity index (χ3v) is 2.43. The summed E-state index contributed by atoms with van der Waals surface area (Å²) in [7, 11) is 1.37. The predicted octanol–water partition coefficient (Wildman–Crippen LogP) is 2.34. The van der Waals surface area contributed by atoms with Crippen LogP contribution in [0, 0.1) is 0 Å². The number of aromatic nitrogens is 2. The molecular weight excluding hydrogens is 284 g/mol. The van der Waals surface area contributed by atoms with Crippen molar-refractivity contribution in [2.45, 2.75) is 6.61 Å². The summed E-state index contributed by atoms with van der Waals surface area (Å²) in [6.07, 6.45) is 2.80. The third kappa shape index (κ3) is 3.62. The summed E-state index contributed by atoms with van der Waals surface area (Å²) in [5.41, 5.74) is 0.147. The van der Waals surface area contributed by atoms with Crippen LogP contribution < -0.4 is 14.8 Å². The lowest BCUT2D eigenvalue weighted by atomic mass is 10.2. The number of pyridine rings is 2. The van der Waals surface area contributed by atoms with Gasteiger partial charge >= 0.3 is 6.61 Å². The van der Waals surface area contributed by atoms with E-state index in [1.165, 1.54) is 37.7 Å². The first kappa shape index (κ1) is 14.6. The molecule has 0 spiro atoms. The van der Waals surface area contributed by atoms with Crippen molar-refractivity contribution in [3.63, 3.8) is 0 Å². The van der Waals surface area contributed by atoms with Crippen molar-refractivity contribution in [3.05, 3.63) is 42.2 Å². The van der Waals surface area contributed by atoms with E-state index in [1.807, 2.05) is 0 Å². The molecule has 110 valence electrons. The summed E-state index contributed by atoms with van der Waals surface area (Å²) >= 11 is 0. The fourth-order valence-electron chi connectivity index (χ4n) is 1.58. The molecule has 0 radical (unpaired) electrons. The zero-order valence-electron chi connectivity index (χ0n) is 10.9. The number of anilines is 1. The van der Waals surface area contributed by atoms with Crippen molar-refractivity contribution in [1.82, 2.24) is 9.97 Å². The normalized spacial score (nSPS) is 10.3. The van der Waals surface area contributed by atoms with Gasteiger partial charge in [-0.25, -0.2) is 9.97 Å². The van der Waals surface area contributed by atoms with Gasteiger partial charge in [0.05, 0.1) is 7.11 Å². The van der Waals surface area contributed by atoms with Gasteiger partial charge in [-0.15, -0.1) is 0 Å². The second kappa shape index (κ2) is 6.60. The average molecular weight is 295 g/mol. The van der Waals surface area contributed by atoms with Gasteiger partial charge in [0.25, 0.3) is 5.91 Å². The van der Waals surface area contributed by atoms with Crippen molar-refractivity contribution in [3.8, 4) is 11.6 Å². The number of rotatable bonds is 5. The predicted molar refractivity (Wildman–Crippen MR) is 69.6 cm³/mol. The average Bonchev–Trinajstić information content (AvgIpc) is 2.48. The summed E-state index contributed by atoms with van der Waals surface area (Å²) < 4.78 is 33.8. The Kier molecular flexibility index (Phi) is 4.60. The molecule has 2 rings (SSSR count). The molecule has 2 aromatic rings. The molecule has 2 heterocycles. The van der Waals surface area contributed by atoms with Crippen molar-refractivity contribution in [1.29, 1.82) is 0 Å². The molecule has 1 amide bonds. The van der Waals surface area contributed by atoms with E-state index >= 15 is 0 Å². The maximum Gasteiger partial charge on any atom is 0.387 e. The number of amides is 1. The van der Waals surface area contributed by atoms with Gasteiger partial charge in [-0.2, -0.15) is 8.78 Å². The summed E-state index contributed by atoms with van der Waals surface area (Å²) in [5, 5.41) is 2.38. The van der Waals surface area contributed by atoms with Crippen LogP contribution in [0.25, 0.3) is 0 Å². The van der Waals surface area contributed by atoms with Gasteiger partial charge in [-0.1, -0.05) is 0 Å². The molecule has 0 bridgehead atoms.